The number of aromatic nitrogens is 2. The first-order valence-electron chi connectivity index (χ1n) is 7.42. The lowest BCUT2D eigenvalue weighted by Crippen LogP contribution is -2.42. The lowest BCUT2D eigenvalue weighted by molar-refractivity contribution is -0.139. The highest BCUT2D eigenvalue weighted by Crippen LogP contribution is 2.01. The summed E-state index contributed by atoms with van der Waals surface area (Å²) in [5, 5.41) is 0. The molecule has 0 saturated carbocycles. The van der Waals surface area contributed by atoms with Crippen molar-refractivity contribution in [1.82, 2.24) is 9.13 Å². The molecule has 0 fully saturated rings. The van der Waals surface area contributed by atoms with Gasteiger partial charge in [-0.2, -0.15) is 4.39 Å². The molecule has 0 saturated heterocycles. The molecule has 1 aromatic rings. The summed E-state index contributed by atoms with van der Waals surface area (Å²) in [6.45, 7) is 9.35. The number of nitrogens with zero attached hydrogens (tertiary/aromatic N) is 2. The number of halogens is 1. The number of hydrogen-bond donors (Lipinski definition) is 0. The van der Waals surface area contributed by atoms with Crippen LogP contribution in [0.25, 0.3) is 0 Å². The Morgan fingerprint density at radius 3 is 2.00 bits per heavy atom. The fourth-order valence-electron chi connectivity index (χ4n) is 1.86. The maximum atomic E-state index is 13.8. The van der Waals surface area contributed by atoms with Crippen LogP contribution in [0.3, 0.4) is 0 Å². The SMILES string of the molecule is C=C(Cn1cc(F)c(=O)n(CC(=C)C(=O)OCC)c1=O)C(=O)OCC. The second kappa shape index (κ2) is 8.76. The number of carbonyl (C=O) groups excluding carboxylic acids is 2. The van der Waals surface area contributed by atoms with Crippen LogP contribution < -0.4 is 11.2 Å². The van der Waals surface area contributed by atoms with Gasteiger partial charge < -0.3 is 9.47 Å². The first-order valence-corrected chi connectivity index (χ1v) is 7.42. The van der Waals surface area contributed by atoms with Crippen molar-refractivity contribution in [3.05, 3.63) is 57.2 Å². The van der Waals surface area contributed by atoms with E-state index in [1.54, 1.807) is 13.8 Å². The van der Waals surface area contributed by atoms with Gasteiger partial charge in [0.25, 0.3) is 5.56 Å². The van der Waals surface area contributed by atoms with Gasteiger partial charge in [-0.3, -0.25) is 13.9 Å². The average molecular weight is 354 g/mol. The van der Waals surface area contributed by atoms with Crippen LogP contribution in [-0.2, 0) is 32.2 Å². The van der Waals surface area contributed by atoms with Crippen LogP contribution in [0.4, 0.5) is 4.39 Å². The molecule has 0 radical (unpaired) electrons. The Labute approximate surface area is 142 Å². The molecule has 25 heavy (non-hydrogen) atoms. The largest absolute Gasteiger partial charge is 0.463 e. The van der Waals surface area contributed by atoms with E-state index in [0.29, 0.717) is 10.8 Å². The topological polar surface area (TPSA) is 96.6 Å². The van der Waals surface area contributed by atoms with Crippen molar-refractivity contribution in [2.75, 3.05) is 13.2 Å². The quantitative estimate of drug-likeness (QED) is 0.495. The fourth-order valence-corrected chi connectivity index (χ4v) is 1.86. The van der Waals surface area contributed by atoms with Gasteiger partial charge in [-0.15, -0.1) is 0 Å². The molecule has 0 aliphatic heterocycles. The van der Waals surface area contributed by atoms with Crippen LogP contribution in [0.5, 0.6) is 0 Å². The first kappa shape index (κ1) is 20.1. The standard InChI is InChI=1S/C16H19FN2O6/c1-5-24-14(21)10(3)7-18-9-12(17)13(20)19(16(18)23)8-11(4)15(22)25-6-2/h9H,3-8H2,1-2H3. The van der Waals surface area contributed by atoms with Crippen LogP contribution in [0.2, 0.25) is 0 Å². The fraction of sp³-hybridized carbons (Fsp3) is 0.375. The monoisotopic (exact) mass is 354 g/mol. The Morgan fingerprint density at radius 1 is 1.04 bits per heavy atom. The summed E-state index contributed by atoms with van der Waals surface area (Å²) in [5.41, 5.74) is -2.43. The van der Waals surface area contributed by atoms with E-state index in [2.05, 4.69) is 13.2 Å². The number of rotatable bonds is 8. The number of esters is 2. The maximum absolute atomic E-state index is 13.8. The molecule has 0 aliphatic carbocycles. The van der Waals surface area contributed by atoms with Crippen LogP contribution in [-0.4, -0.2) is 34.3 Å². The van der Waals surface area contributed by atoms with E-state index in [-0.39, 0.29) is 30.9 Å². The van der Waals surface area contributed by atoms with Crippen molar-refractivity contribution < 1.29 is 23.5 Å². The van der Waals surface area contributed by atoms with Gasteiger partial charge in [0.15, 0.2) is 0 Å². The predicted molar refractivity (Wildman–Crippen MR) is 86.5 cm³/mol. The highest BCUT2D eigenvalue weighted by molar-refractivity contribution is 5.88. The molecule has 8 nitrogen and oxygen atoms in total. The molecule has 0 amide bonds. The van der Waals surface area contributed by atoms with Crippen molar-refractivity contribution in [1.29, 1.82) is 0 Å². The summed E-state index contributed by atoms with van der Waals surface area (Å²) >= 11 is 0. The molecule has 136 valence electrons. The smallest absolute Gasteiger partial charge is 0.335 e. The molecule has 0 spiro atoms. The molecule has 0 unspecified atom stereocenters. The van der Waals surface area contributed by atoms with Crippen LogP contribution in [0, 0.1) is 5.82 Å². The summed E-state index contributed by atoms with van der Waals surface area (Å²) < 4.78 is 24.6. The van der Waals surface area contributed by atoms with Gasteiger partial charge in [-0.1, -0.05) is 13.2 Å². The molecule has 0 bridgehead atoms. The van der Waals surface area contributed by atoms with E-state index in [0.717, 1.165) is 4.57 Å². The van der Waals surface area contributed by atoms with Gasteiger partial charge in [0.1, 0.15) is 0 Å². The third kappa shape index (κ3) is 5.00. The Balaban J connectivity index is 3.18. The van der Waals surface area contributed by atoms with E-state index >= 15 is 0 Å². The maximum Gasteiger partial charge on any atom is 0.335 e. The minimum absolute atomic E-state index is 0.0828. The molecule has 1 aromatic heterocycles. The van der Waals surface area contributed by atoms with E-state index in [1.165, 1.54) is 0 Å². The molecule has 9 heteroatoms. The summed E-state index contributed by atoms with van der Waals surface area (Å²) in [5.74, 6) is -2.78. The van der Waals surface area contributed by atoms with Crippen molar-refractivity contribution in [3.8, 4) is 0 Å². The van der Waals surface area contributed by atoms with Gasteiger partial charge in [0.05, 0.1) is 32.5 Å². The van der Waals surface area contributed by atoms with Crippen molar-refractivity contribution in [3.63, 3.8) is 0 Å². The third-order valence-corrected chi connectivity index (χ3v) is 3.03. The van der Waals surface area contributed by atoms with E-state index < -0.39 is 35.5 Å². The minimum Gasteiger partial charge on any atom is -0.463 e. The zero-order valence-corrected chi connectivity index (χ0v) is 14.0. The number of carbonyl (C=O) groups is 2. The van der Waals surface area contributed by atoms with Crippen molar-refractivity contribution in [2.24, 2.45) is 0 Å². The second-order valence-electron chi connectivity index (χ2n) is 4.93. The Hall–Kier alpha value is -2.97. The summed E-state index contributed by atoms with van der Waals surface area (Å²) in [7, 11) is 0. The lowest BCUT2D eigenvalue weighted by atomic mass is 10.3. The molecule has 0 aromatic carbocycles. The van der Waals surface area contributed by atoms with Crippen LogP contribution in [0.15, 0.2) is 40.1 Å². The van der Waals surface area contributed by atoms with Crippen molar-refractivity contribution in [2.45, 2.75) is 26.9 Å². The Morgan fingerprint density at radius 2 is 1.52 bits per heavy atom. The number of hydrogen-bond acceptors (Lipinski definition) is 6. The molecule has 1 heterocycles. The second-order valence-corrected chi connectivity index (χ2v) is 4.93. The average Bonchev–Trinajstić information content (AvgIpc) is 2.56. The summed E-state index contributed by atoms with van der Waals surface area (Å²) in [6, 6.07) is 0. The summed E-state index contributed by atoms with van der Waals surface area (Å²) in [6.07, 6.45) is 0.665. The van der Waals surface area contributed by atoms with E-state index in [1.807, 2.05) is 0 Å². The zero-order chi connectivity index (χ0) is 19.1. The van der Waals surface area contributed by atoms with Crippen LogP contribution in [0.1, 0.15) is 13.8 Å². The van der Waals surface area contributed by atoms with E-state index in [4.69, 9.17) is 9.47 Å². The van der Waals surface area contributed by atoms with Gasteiger partial charge in [0, 0.05) is 11.1 Å². The molecule has 1 rings (SSSR count). The van der Waals surface area contributed by atoms with Crippen molar-refractivity contribution >= 4 is 11.9 Å². The Bertz CT molecular complexity index is 821. The lowest BCUT2D eigenvalue weighted by Gasteiger charge is -2.12. The van der Waals surface area contributed by atoms with Gasteiger partial charge in [0.2, 0.25) is 5.82 Å². The minimum atomic E-state index is -1.23. The van der Waals surface area contributed by atoms with Gasteiger partial charge >= 0.3 is 17.6 Å². The molecular weight excluding hydrogens is 335 g/mol. The molecule has 0 atom stereocenters. The highest BCUT2D eigenvalue weighted by Gasteiger charge is 2.17. The summed E-state index contributed by atoms with van der Waals surface area (Å²) in [4.78, 5) is 47.3. The molecular formula is C16H19FN2O6. The normalized spacial score (nSPS) is 10.2. The highest BCUT2D eigenvalue weighted by atomic mass is 19.1. The van der Waals surface area contributed by atoms with Gasteiger partial charge in [-0.25, -0.2) is 14.4 Å². The van der Waals surface area contributed by atoms with E-state index in [9.17, 15) is 23.6 Å². The Kier molecular flexibility index (Phi) is 7.04. The zero-order valence-electron chi connectivity index (χ0n) is 14.0. The number of ether oxygens (including phenoxy) is 2. The predicted octanol–water partition coefficient (Wildman–Crippen LogP) is 0.388. The van der Waals surface area contributed by atoms with Gasteiger partial charge in [-0.05, 0) is 13.8 Å². The van der Waals surface area contributed by atoms with Crippen LogP contribution >= 0.6 is 0 Å². The molecule has 0 N–H and O–H groups in total. The first-order chi connectivity index (χ1) is 11.7. The third-order valence-electron chi connectivity index (χ3n) is 3.03. The molecule has 0 aliphatic rings.